The van der Waals surface area contributed by atoms with Gasteiger partial charge in [-0.05, 0) is 36.8 Å². The molecule has 0 heterocycles. The molecule has 0 saturated heterocycles. The van der Waals surface area contributed by atoms with E-state index in [-0.39, 0.29) is 11.6 Å². The average molecular weight is 380 g/mol. The highest BCUT2D eigenvalue weighted by Gasteiger charge is 2.34. The number of methoxy groups -OCH3 is 1. The Morgan fingerprint density at radius 2 is 1.67 bits per heavy atom. The third-order valence-electron chi connectivity index (χ3n) is 3.90. The summed E-state index contributed by atoms with van der Waals surface area (Å²) in [6.07, 6.45) is -4.65. The zero-order valence-electron chi connectivity index (χ0n) is 14.8. The number of nitrogens with one attached hydrogen (secondary N) is 2. The lowest BCUT2D eigenvalue weighted by molar-refractivity contribution is -0.137. The molecule has 2 amide bonds. The summed E-state index contributed by atoms with van der Waals surface area (Å²) in [5, 5.41) is 5.11. The molecule has 2 N–H and O–H groups in total. The van der Waals surface area contributed by atoms with E-state index in [2.05, 4.69) is 10.6 Å². The topological polar surface area (TPSA) is 67.4 Å². The molecule has 0 fully saturated rings. The van der Waals surface area contributed by atoms with Crippen molar-refractivity contribution in [3.05, 3.63) is 64.7 Å². The summed E-state index contributed by atoms with van der Waals surface area (Å²) in [6, 6.07) is 9.17. The molecular formula is C19H19F3N2O3. The molecule has 144 valence electrons. The summed E-state index contributed by atoms with van der Waals surface area (Å²) in [5.41, 5.74) is -0.484. The Morgan fingerprint density at radius 1 is 1.00 bits per heavy atom. The molecular weight excluding hydrogens is 361 g/mol. The van der Waals surface area contributed by atoms with Crippen LogP contribution in [0.3, 0.4) is 0 Å². The largest absolute Gasteiger partial charge is 0.417 e. The van der Waals surface area contributed by atoms with E-state index in [9.17, 15) is 22.8 Å². The highest BCUT2D eigenvalue weighted by Crippen LogP contribution is 2.32. The van der Waals surface area contributed by atoms with Crippen LogP contribution in [0, 0.1) is 6.92 Å². The number of carbonyl (C=O) groups is 2. The van der Waals surface area contributed by atoms with Crippen molar-refractivity contribution in [3.63, 3.8) is 0 Å². The van der Waals surface area contributed by atoms with Gasteiger partial charge in [-0.3, -0.25) is 9.59 Å². The summed E-state index contributed by atoms with van der Waals surface area (Å²) < 4.78 is 44.2. The fraction of sp³-hybridized carbons (Fsp3) is 0.263. The van der Waals surface area contributed by atoms with E-state index in [1.165, 1.54) is 25.3 Å². The van der Waals surface area contributed by atoms with Crippen LogP contribution in [0.2, 0.25) is 0 Å². The monoisotopic (exact) mass is 380 g/mol. The second kappa shape index (κ2) is 8.68. The SMILES string of the molecule is COCCNC(=O)c1cccc(NC(=O)c2ccccc2C(F)(F)F)c1C. The van der Waals surface area contributed by atoms with E-state index >= 15 is 0 Å². The molecule has 0 bridgehead atoms. The van der Waals surface area contributed by atoms with Gasteiger partial charge in [-0.2, -0.15) is 13.2 Å². The lowest BCUT2D eigenvalue weighted by Crippen LogP contribution is -2.28. The molecule has 27 heavy (non-hydrogen) atoms. The molecule has 0 unspecified atom stereocenters. The zero-order chi connectivity index (χ0) is 20.0. The second-order valence-corrected chi connectivity index (χ2v) is 5.72. The van der Waals surface area contributed by atoms with Crippen molar-refractivity contribution in [2.24, 2.45) is 0 Å². The maximum Gasteiger partial charge on any atom is 0.417 e. The Bertz CT molecular complexity index is 835. The summed E-state index contributed by atoms with van der Waals surface area (Å²) >= 11 is 0. The zero-order valence-corrected chi connectivity index (χ0v) is 14.8. The van der Waals surface area contributed by atoms with Gasteiger partial charge in [0.1, 0.15) is 0 Å². The first-order valence-electron chi connectivity index (χ1n) is 8.10. The summed E-state index contributed by atoms with van der Waals surface area (Å²) in [6.45, 7) is 2.26. The highest BCUT2D eigenvalue weighted by atomic mass is 19.4. The lowest BCUT2D eigenvalue weighted by atomic mass is 10.0. The Kier molecular flexibility index (Phi) is 6.57. The van der Waals surface area contributed by atoms with Gasteiger partial charge < -0.3 is 15.4 Å². The molecule has 0 aliphatic rings. The molecule has 0 aromatic heterocycles. The number of halogens is 3. The summed E-state index contributed by atoms with van der Waals surface area (Å²) in [4.78, 5) is 24.6. The van der Waals surface area contributed by atoms with Crippen LogP contribution < -0.4 is 10.6 Å². The Balaban J connectivity index is 2.25. The Labute approximate surface area is 154 Å². The minimum Gasteiger partial charge on any atom is -0.383 e. The van der Waals surface area contributed by atoms with Crippen LogP contribution in [-0.2, 0) is 10.9 Å². The van der Waals surface area contributed by atoms with Crippen molar-refractivity contribution in [1.29, 1.82) is 0 Å². The van der Waals surface area contributed by atoms with Gasteiger partial charge in [-0.15, -0.1) is 0 Å². The third-order valence-corrected chi connectivity index (χ3v) is 3.90. The van der Waals surface area contributed by atoms with Crippen LogP contribution in [-0.4, -0.2) is 32.1 Å². The van der Waals surface area contributed by atoms with Gasteiger partial charge >= 0.3 is 6.18 Å². The normalized spacial score (nSPS) is 11.1. The summed E-state index contributed by atoms with van der Waals surface area (Å²) in [5.74, 6) is -1.26. The van der Waals surface area contributed by atoms with Crippen LogP contribution in [0.1, 0.15) is 31.8 Å². The van der Waals surface area contributed by atoms with E-state index in [0.29, 0.717) is 24.3 Å². The van der Waals surface area contributed by atoms with Crippen LogP contribution in [0.25, 0.3) is 0 Å². The van der Waals surface area contributed by atoms with Crippen molar-refractivity contribution in [2.75, 3.05) is 25.6 Å². The van der Waals surface area contributed by atoms with Crippen LogP contribution in [0.5, 0.6) is 0 Å². The second-order valence-electron chi connectivity index (χ2n) is 5.72. The van der Waals surface area contributed by atoms with Crippen LogP contribution in [0.4, 0.5) is 18.9 Å². The number of rotatable bonds is 6. The van der Waals surface area contributed by atoms with Gasteiger partial charge in [0.25, 0.3) is 11.8 Å². The van der Waals surface area contributed by atoms with Gasteiger partial charge in [0.2, 0.25) is 0 Å². The smallest absolute Gasteiger partial charge is 0.383 e. The fourth-order valence-electron chi connectivity index (χ4n) is 2.50. The first-order valence-corrected chi connectivity index (χ1v) is 8.10. The van der Waals surface area contributed by atoms with Gasteiger partial charge in [0.15, 0.2) is 0 Å². The number of anilines is 1. The minimum atomic E-state index is -4.65. The molecule has 0 aliphatic carbocycles. The van der Waals surface area contributed by atoms with Gasteiger partial charge in [0, 0.05) is 24.9 Å². The van der Waals surface area contributed by atoms with E-state index in [4.69, 9.17) is 4.74 Å². The molecule has 0 spiro atoms. The van der Waals surface area contributed by atoms with Crippen LogP contribution >= 0.6 is 0 Å². The molecule has 5 nitrogen and oxygen atoms in total. The lowest BCUT2D eigenvalue weighted by Gasteiger charge is -2.15. The molecule has 0 aliphatic heterocycles. The van der Waals surface area contributed by atoms with Crippen molar-refractivity contribution in [1.82, 2.24) is 5.32 Å². The number of carbonyl (C=O) groups excluding carboxylic acids is 2. The van der Waals surface area contributed by atoms with E-state index in [1.54, 1.807) is 19.1 Å². The van der Waals surface area contributed by atoms with E-state index in [0.717, 1.165) is 12.1 Å². The Morgan fingerprint density at radius 3 is 2.33 bits per heavy atom. The Hall–Kier alpha value is -2.87. The number of alkyl halides is 3. The number of benzene rings is 2. The van der Waals surface area contributed by atoms with Crippen molar-refractivity contribution >= 4 is 17.5 Å². The maximum absolute atomic E-state index is 13.1. The van der Waals surface area contributed by atoms with E-state index in [1.807, 2.05) is 0 Å². The minimum absolute atomic E-state index is 0.261. The van der Waals surface area contributed by atoms with Gasteiger partial charge in [-0.1, -0.05) is 18.2 Å². The first kappa shape index (κ1) is 20.4. The van der Waals surface area contributed by atoms with Gasteiger partial charge in [0.05, 0.1) is 17.7 Å². The number of ether oxygens (including phenoxy) is 1. The molecule has 8 heteroatoms. The van der Waals surface area contributed by atoms with Crippen molar-refractivity contribution < 1.29 is 27.5 Å². The van der Waals surface area contributed by atoms with Crippen LogP contribution in [0.15, 0.2) is 42.5 Å². The van der Waals surface area contributed by atoms with Gasteiger partial charge in [-0.25, -0.2) is 0 Å². The standard InChI is InChI=1S/C19H19F3N2O3/c1-12-13(17(25)23-10-11-27-2)7-5-9-16(12)24-18(26)14-6-3-4-8-15(14)19(20,21)22/h3-9H,10-11H2,1-2H3,(H,23,25)(H,24,26). The average Bonchev–Trinajstić information content (AvgIpc) is 2.62. The third kappa shape index (κ3) is 5.07. The quantitative estimate of drug-likeness (QED) is 0.752. The van der Waals surface area contributed by atoms with Crippen molar-refractivity contribution in [3.8, 4) is 0 Å². The number of hydrogen-bond donors (Lipinski definition) is 2. The molecule has 2 aromatic rings. The van der Waals surface area contributed by atoms with E-state index < -0.39 is 23.2 Å². The number of hydrogen-bond acceptors (Lipinski definition) is 3. The molecule has 0 atom stereocenters. The molecule has 0 saturated carbocycles. The fourth-order valence-corrected chi connectivity index (χ4v) is 2.50. The predicted octanol–water partition coefficient (Wildman–Crippen LogP) is 3.64. The summed E-state index contributed by atoms with van der Waals surface area (Å²) in [7, 11) is 1.51. The molecule has 2 aromatic carbocycles. The highest BCUT2D eigenvalue weighted by molar-refractivity contribution is 6.07. The first-order chi connectivity index (χ1) is 12.8. The van der Waals surface area contributed by atoms with Crippen molar-refractivity contribution in [2.45, 2.75) is 13.1 Å². The predicted molar refractivity (Wildman–Crippen MR) is 94.8 cm³/mol. The molecule has 2 rings (SSSR count). The molecule has 0 radical (unpaired) electrons. The number of amides is 2. The maximum atomic E-state index is 13.1.